The van der Waals surface area contributed by atoms with Crippen molar-refractivity contribution in [2.24, 2.45) is 0 Å². The Bertz CT molecular complexity index is 1150. The van der Waals surface area contributed by atoms with Gasteiger partial charge in [-0.15, -0.1) is 0 Å². The third-order valence-corrected chi connectivity index (χ3v) is 6.24. The summed E-state index contributed by atoms with van der Waals surface area (Å²) in [6.07, 6.45) is 1.00. The fraction of sp³-hybridized carbons (Fsp3) is 0.417. The number of aromatic nitrogens is 2. The summed E-state index contributed by atoms with van der Waals surface area (Å²) in [6, 6.07) is 7.50. The van der Waals surface area contributed by atoms with Gasteiger partial charge in [-0.05, 0) is 30.7 Å². The normalized spacial score (nSPS) is 16.1. The van der Waals surface area contributed by atoms with Crippen LogP contribution in [0.5, 0.6) is 11.5 Å². The third-order valence-electron chi connectivity index (χ3n) is 6.00. The minimum atomic E-state index is -0.809. The van der Waals surface area contributed by atoms with E-state index in [1.807, 2.05) is 0 Å². The van der Waals surface area contributed by atoms with Crippen molar-refractivity contribution >= 4 is 34.0 Å². The van der Waals surface area contributed by atoms with Crippen molar-refractivity contribution in [2.75, 3.05) is 51.8 Å². The molecule has 9 nitrogen and oxygen atoms in total. The van der Waals surface area contributed by atoms with Gasteiger partial charge in [0.15, 0.2) is 11.5 Å². The highest BCUT2D eigenvalue weighted by Gasteiger charge is 2.27. The van der Waals surface area contributed by atoms with Gasteiger partial charge in [-0.3, -0.25) is 4.90 Å². The second-order valence-corrected chi connectivity index (χ2v) is 8.67. The van der Waals surface area contributed by atoms with E-state index in [9.17, 15) is 14.6 Å². The summed E-state index contributed by atoms with van der Waals surface area (Å²) in [5, 5.41) is 27.5. The van der Waals surface area contributed by atoms with Gasteiger partial charge in [0.1, 0.15) is 30.7 Å². The standard InChI is InChI=1S/C24H29ClFN5O4/c1-34-22-11-16-19(28-14-29-24(16)30-18-3-2-15(25)10-17(18)26)12-23(22)35-13-21(33)20(4-9-32)31-7-5-27-6-8-31/h2-3,10-12,14,20-21,27,32-33H,4-9,13H2,1H3,(H,28,29,30). The molecule has 0 bridgehead atoms. The molecule has 0 saturated carbocycles. The Morgan fingerprint density at radius 3 is 2.71 bits per heavy atom. The second-order valence-electron chi connectivity index (χ2n) is 8.24. The molecule has 2 aromatic carbocycles. The SMILES string of the molecule is COc1cc2c(Nc3ccc(Cl)cc3F)ncnc2cc1OCC(O)C(CCO)N1CCNCC1. The molecule has 2 heterocycles. The number of fused-ring (bicyclic) bond motifs is 1. The maximum absolute atomic E-state index is 14.3. The molecule has 0 radical (unpaired) electrons. The van der Waals surface area contributed by atoms with Crippen molar-refractivity contribution in [3.05, 3.63) is 47.5 Å². The Hall–Kier alpha value is -2.76. The topological polar surface area (TPSA) is 112 Å². The number of aliphatic hydroxyl groups is 2. The van der Waals surface area contributed by atoms with E-state index in [1.54, 1.807) is 18.2 Å². The van der Waals surface area contributed by atoms with Crippen LogP contribution in [-0.2, 0) is 0 Å². The fourth-order valence-corrected chi connectivity index (χ4v) is 4.36. The lowest BCUT2D eigenvalue weighted by Crippen LogP contribution is -2.53. The summed E-state index contributed by atoms with van der Waals surface area (Å²) in [6.45, 7) is 3.26. The highest BCUT2D eigenvalue weighted by molar-refractivity contribution is 6.30. The molecule has 35 heavy (non-hydrogen) atoms. The lowest BCUT2D eigenvalue weighted by molar-refractivity contribution is 0.00224. The van der Waals surface area contributed by atoms with Gasteiger partial charge in [-0.1, -0.05) is 11.6 Å². The highest BCUT2D eigenvalue weighted by atomic mass is 35.5. The van der Waals surface area contributed by atoms with Gasteiger partial charge >= 0.3 is 0 Å². The first kappa shape index (κ1) is 25.3. The van der Waals surface area contributed by atoms with Crippen LogP contribution in [0.4, 0.5) is 15.9 Å². The van der Waals surface area contributed by atoms with Crippen LogP contribution in [0.25, 0.3) is 10.9 Å². The zero-order valence-electron chi connectivity index (χ0n) is 19.4. The quantitative estimate of drug-likeness (QED) is 0.330. The van der Waals surface area contributed by atoms with Gasteiger partial charge in [0, 0.05) is 55.3 Å². The van der Waals surface area contributed by atoms with E-state index < -0.39 is 11.9 Å². The summed E-state index contributed by atoms with van der Waals surface area (Å²) >= 11 is 5.85. The predicted molar refractivity (Wildman–Crippen MR) is 132 cm³/mol. The number of anilines is 2. The minimum Gasteiger partial charge on any atom is -0.493 e. The van der Waals surface area contributed by atoms with Crippen molar-refractivity contribution in [1.82, 2.24) is 20.2 Å². The number of hydrogen-bond acceptors (Lipinski definition) is 9. The number of nitrogens with zero attached hydrogens (tertiary/aromatic N) is 3. The Labute approximate surface area is 207 Å². The number of methoxy groups -OCH3 is 1. The first-order valence-corrected chi connectivity index (χ1v) is 11.8. The van der Waals surface area contributed by atoms with E-state index >= 15 is 0 Å². The summed E-state index contributed by atoms with van der Waals surface area (Å²) in [7, 11) is 1.51. The molecule has 3 aromatic rings. The molecule has 1 fully saturated rings. The van der Waals surface area contributed by atoms with Crippen LogP contribution in [0.3, 0.4) is 0 Å². The highest BCUT2D eigenvalue weighted by Crippen LogP contribution is 2.35. The molecule has 1 aliphatic rings. The number of ether oxygens (including phenoxy) is 2. The summed E-state index contributed by atoms with van der Waals surface area (Å²) in [4.78, 5) is 10.7. The number of halogens is 2. The lowest BCUT2D eigenvalue weighted by atomic mass is 10.1. The van der Waals surface area contributed by atoms with Gasteiger partial charge in [-0.2, -0.15) is 0 Å². The van der Waals surface area contributed by atoms with Gasteiger partial charge in [0.25, 0.3) is 0 Å². The van der Waals surface area contributed by atoms with Crippen LogP contribution in [0.1, 0.15) is 6.42 Å². The average Bonchev–Trinajstić information content (AvgIpc) is 2.87. The summed E-state index contributed by atoms with van der Waals surface area (Å²) < 4.78 is 25.8. The van der Waals surface area contributed by atoms with Crippen LogP contribution < -0.4 is 20.1 Å². The maximum Gasteiger partial charge on any atom is 0.163 e. The first-order valence-electron chi connectivity index (χ1n) is 11.4. The molecule has 1 aromatic heterocycles. The van der Waals surface area contributed by atoms with E-state index in [0.29, 0.717) is 39.7 Å². The predicted octanol–water partition coefficient (Wildman–Crippen LogP) is 2.57. The Balaban J connectivity index is 1.54. The molecule has 0 spiro atoms. The maximum atomic E-state index is 14.3. The zero-order valence-corrected chi connectivity index (χ0v) is 20.1. The molecule has 1 aliphatic heterocycles. The molecule has 0 amide bonds. The van der Waals surface area contributed by atoms with E-state index in [2.05, 4.69) is 25.5 Å². The number of rotatable bonds is 10. The molecule has 1 saturated heterocycles. The Morgan fingerprint density at radius 1 is 1.20 bits per heavy atom. The minimum absolute atomic E-state index is 0.0165. The van der Waals surface area contributed by atoms with Gasteiger partial charge in [0.2, 0.25) is 0 Å². The number of benzene rings is 2. The average molecular weight is 506 g/mol. The lowest BCUT2D eigenvalue weighted by Gasteiger charge is -2.37. The van der Waals surface area contributed by atoms with Crippen LogP contribution in [0.15, 0.2) is 36.7 Å². The van der Waals surface area contributed by atoms with Crippen molar-refractivity contribution in [3.8, 4) is 11.5 Å². The van der Waals surface area contributed by atoms with Crippen molar-refractivity contribution in [2.45, 2.75) is 18.6 Å². The number of piperazine rings is 1. The van der Waals surface area contributed by atoms with Crippen molar-refractivity contribution in [3.63, 3.8) is 0 Å². The van der Waals surface area contributed by atoms with Crippen molar-refractivity contribution < 1.29 is 24.1 Å². The van der Waals surface area contributed by atoms with Crippen LogP contribution >= 0.6 is 11.6 Å². The molecule has 2 atom stereocenters. The van der Waals surface area contributed by atoms with Crippen LogP contribution in [0.2, 0.25) is 5.02 Å². The number of hydrogen-bond donors (Lipinski definition) is 4. The molecule has 0 aliphatic carbocycles. The van der Waals surface area contributed by atoms with Gasteiger partial charge in [0.05, 0.1) is 18.3 Å². The molecule has 4 N–H and O–H groups in total. The van der Waals surface area contributed by atoms with E-state index in [4.69, 9.17) is 21.1 Å². The smallest absolute Gasteiger partial charge is 0.163 e. The van der Waals surface area contributed by atoms with Crippen LogP contribution in [0, 0.1) is 5.82 Å². The fourth-order valence-electron chi connectivity index (χ4n) is 4.20. The molecule has 2 unspecified atom stereocenters. The third kappa shape index (κ3) is 6.09. The molecule has 188 valence electrons. The molecular weight excluding hydrogens is 477 g/mol. The first-order chi connectivity index (χ1) is 17.0. The Kier molecular flexibility index (Phi) is 8.53. The monoisotopic (exact) mass is 505 g/mol. The summed E-state index contributed by atoms with van der Waals surface area (Å²) in [5.74, 6) is 0.708. The largest absolute Gasteiger partial charge is 0.493 e. The Morgan fingerprint density at radius 2 is 2.00 bits per heavy atom. The van der Waals surface area contributed by atoms with Gasteiger partial charge < -0.3 is 30.3 Å². The van der Waals surface area contributed by atoms with Gasteiger partial charge in [-0.25, -0.2) is 14.4 Å². The van der Waals surface area contributed by atoms with E-state index in [-0.39, 0.29) is 24.9 Å². The molecule has 11 heteroatoms. The number of aliphatic hydroxyl groups excluding tert-OH is 2. The molecular formula is C24H29ClFN5O4. The number of nitrogens with one attached hydrogen (secondary N) is 2. The zero-order chi connectivity index (χ0) is 24.8. The van der Waals surface area contributed by atoms with E-state index in [0.717, 1.165) is 26.2 Å². The van der Waals surface area contributed by atoms with Crippen LogP contribution in [-0.4, -0.2) is 83.7 Å². The molecule has 4 rings (SSSR count). The van der Waals surface area contributed by atoms with Crippen molar-refractivity contribution in [1.29, 1.82) is 0 Å². The second kappa shape index (κ2) is 11.8. The summed E-state index contributed by atoms with van der Waals surface area (Å²) in [5.41, 5.74) is 0.774. The van der Waals surface area contributed by atoms with E-state index in [1.165, 1.54) is 25.6 Å².